The molecule has 160 valence electrons. The van der Waals surface area contributed by atoms with Gasteiger partial charge in [-0.05, 0) is 51.8 Å². The Morgan fingerprint density at radius 3 is 2.53 bits per heavy atom. The lowest BCUT2D eigenvalue weighted by molar-refractivity contribution is 0.0839. The number of anilines is 1. The summed E-state index contributed by atoms with van der Waals surface area (Å²) in [7, 11) is 1.65. The SMILES string of the molecule is COc1ccc(C(NC(C)(C)C)c2nc(N3CCC(C)(O)C3)c3n[nH]nc3n2)cc1. The van der Waals surface area contributed by atoms with E-state index in [1.165, 1.54) is 0 Å². The van der Waals surface area contributed by atoms with Gasteiger partial charge in [0.25, 0.3) is 0 Å². The van der Waals surface area contributed by atoms with Gasteiger partial charge in [-0.15, -0.1) is 5.10 Å². The van der Waals surface area contributed by atoms with E-state index in [9.17, 15) is 5.11 Å². The van der Waals surface area contributed by atoms with Crippen LogP contribution in [-0.2, 0) is 0 Å². The first kappa shape index (κ1) is 20.5. The number of β-amino-alcohol motifs (C(OH)–C–C–N with tert-alkyl or cyclic N) is 1. The fourth-order valence-corrected chi connectivity index (χ4v) is 3.75. The van der Waals surface area contributed by atoms with Crippen molar-refractivity contribution in [3.63, 3.8) is 0 Å². The van der Waals surface area contributed by atoms with Crippen LogP contribution in [0.25, 0.3) is 11.2 Å². The summed E-state index contributed by atoms with van der Waals surface area (Å²) in [4.78, 5) is 11.7. The summed E-state index contributed by atoms with van der Waals surface area (Å²) in [6, 6.07) is 7.64. The van der Waals surface area contributed by atoms with Crippen LogP contribution >= 0.6 is 0 Å². The van der Waals surface area contributed by atoms with Gasteiger partial charge in [0.2, 0.25) is 5.65 Å². The van der Waals surface area contributed by atoms with Crippen LogP contribution in [0.1, 0.15) is 51.5 Å². The Hall–Kier alpha value is -2.78. The molecule has 1 fully saturated rings. The maximum absolute atomic E-state index is 10.5. The quantitative estimate of drug-likeness (QED) is 0.586. The lowest BCUT2D eigenvalue weighted by atomic mass is 10.0. The number of methoxy groups -OCH3 is 1. The van der Waals surface area contributed by atoms with E-state index in [0.717, 1.165) is 11.3 Å². The predicted octanol–water partition coefficient (Wildman–Crippen LogP) is 2.20. The summed E-state index contributed by atoms with van der Waals surface area (Å²) < 4.78 is 5.30. The third-order valence-corrected chi connectivity index (χ3v) is 5.22. The van der Waals surface area contributed by atoms with Crippen molar-refractivity contribution in [3.05, 3.63) is 35.7 Å². The molecule has 0 saturated carbocycles. The molecule has 2 aromatic heterocycles. The van der Waals surface area contributed by atoms with Gasteiger partial charge in [0.15, 0.2) is 17.2 Å². The summed E-state index contributed by atoms with van der Waals surface area (Å²) in [6.45, 7) is 9.36. The molecule has 0 radical (unpaired) electrons. The van der Waals surface area contributed by atoms with Crippen LogP contribution in [0.4, 0.5) is 5.82 Å². The average Bonchev–Trinajstić information content (AvgIpc) is 3.30. The largest absolute Gasteiger partial charge is 0.497 e. The molecule has 1 aromatic carbocycles. The van der Waals surface area contributed by atoms with Gasteiger partial charge in [0.05, 0.1) is 18.8 Å². The smallest absolute Gasteiger partial charge is 0.207 e. The van der Waals surface area contributed by atoms with Crippen LogP contribution < -0.4 is 15.0 Å². The average molecular weight is 412 g/mol. The minimum absolute atomic E-state index is 0.176. The van der Waals surface area contributed by atoms with Crippen molar-refractivity contribution in [1.82, 2.24) is 30.7 Å². The van der Waals surface area contributed by atoms with E-state index in [2.05, 4.69) is 46.4 Å². The van der Waals surface area contributed by atoms with Crippen LogP contribution in [0.5, 0.6) is 5.75 Å². The van der Waals surface area contributed by atoms with Gasteiger partial charge < -0.3 is 14.7 Å². The van der Waals surface area contributed by atoms with Gasteiger partial charge in [0, 0.05) is 18.6 Å². The Bertz CT molecular complexity index is 1020. The van der Waals surface area contributed by atoms with E-state index < -0.39 is 5.60 Å². The third kappa shape index (κ3) is 4.22. The lowest BCUT2D eigenvalue weighted by Gasteiger charge is -2.29. The summed E-state index contributed by atoms with van der Waals surface area (Å²) in [5.74, 6) is 2.09. The first-order chi connectivity index (χ1) is 14.1. The van der Waals surface area contributed by atoms with E-state index in [0.29, 0.717) is 42.3 Å². The Labute approximate surface area is 175 Å². The molecule has 3 N–H and O–H groups in total. The fraction of sp³-hybridized carbons (Fsp3) is 0.524. The topological polar surface area (TPSA) is 112 Å². The number of aromatic amines is 1. The summed E-state index contributed by atoms with van der Waals surface area (Å²) in [5, 5.41) is 25.2. The molecule has 30 heavy (non-hydrogen) atoms. The number of nitrogens with zero attached hydrogens (tertiary/aromatic N) is 5. The highest BCUT2D eigenvalue weighted by molar-refractivity contribution is 5.82. The summed E-state index contributed by atoms with van der Waals surface area (Å²) >= 11 is 0. The van der Waals surface area contributed by atoms with Gasteiger partial charge in [-0.3, -0.25) is 5.32 Å². The van der Waals surface area contributed by atoms with E-state index in [4.69, 9.17) is 14.7 Å². The number of benzene rings is 1. The van der Waals surface area contributed by atoms with Crippen molar-refractivity contribution in [2.75, 3.05) is 25.1 Å². The fourth-order valence-electron chi connectivity index (χ4n) is 3.75. The minimum atomic E-state index is -0.750. The zero-order valence-corrected chi connectivity index (χ0v) is 18.1. The second-order valence-electron chi connectivity index (χ2n) is 9.17. The molecule has 9 heteroatoms. The Morgan fingerprint density at radius 1 is 1.20 bits per heavy atom. The first-order valence-corrected chi connectivity index (χ1v) is 10.1. The molecule has 1 saturated heterocycles. The second-order valence-corrected chi connectivity index (χ2v) is 9.17. The number of nitrogens with one attached hydrogen (secondary N) is 2. The van der Waals surface area contributed by atoms with Crippen LogP contribution in [-0.4, -0.2) is 61.8 Å². The van der Waals surface area contributed by atoms with Crippen LogP contribution in [0.2, 0.25) is 0 Å². The normalized spacial score (nSPS) is 20.7. The highest BCUT2D eigenvalue weighted by Gasteiger charge is 2.34. The molecule has 9 nitrogen and oxygen atoms in total. The Balaban J connectivity index is 1.80. The molecule has 2 unspecified atom stereocenters. The lowest BCUT2D eigenvalue weighted by Crippen LogP contribution is -2.40. The Morgan fingerprint density at radius 2 is 1.93 bits per heavy atom. The standard InChI is InChI=1S/C21H29N7O2/c1-20(2,3)24-15(13-6-8-14(30-5)9-7-13)17-22-18-16(25-27-26-18)19(23-17)28-11-10-21(4,29)12-28/h6-9,15,24,29H,10-12H2,1-5H3,(H,22,23,25,26,27). The number of aromatic nitrogens is 5. The number of H-pyrrole nitrogens is 1. The van der Waals surface area contributed by atoms with Crippen LogP contribution in [0, 0.1) is 0 Å². The molecule has 3 heterocycles. The minimum Gasteiger partial charge on any atom is -0.497 e. The number of hydrogen-bond acceptors (Lipinski definition) is 8. The van der Waals surface area contributed by atoms with Crippen molar-refractivity contribution in [2.45, 2.75) is 51.3 Å². The first-order valence-electron chi connectivity index (χ1n) is 10.1. The van der Waals surface area contributed by atoms with Crippen molar-refractivity contribution in [3.8, 4) is 5.75 Å². The van der Waals surface area contributed by atoms with Gasteiger partial charge in [-0.1, -0.05) is 12.1 Å². The number of fused-ring (bicyclic) bond motifs is 1. The molecular formula is C21H29N7O2. The predicted molar refractivity (Wildman–Crippen MR) is 115 cm³/mol. The molecular weight excluding hydrogens is 382 g/mol. The molecule has 2 atom stereocenters. The molecule has 0 spiro atoms. The number of ether oxygens (including phenoxy) is 1. The number of rotatable bonds is 5. The second kappa shape index (κ2) is 7.48. The van der Waals surface area contributed by atoms with Gasteiger partial charge in [-0.25, -0.2) is 9.97 Å². The van der Waals surface area contributed by atoms with Crippen LogP contribution in [0.3, 0.4) is 0 Å². The van der Waals surface area contributed by atoms with E-state index in [1.54, 1.807) is 7.11 Å². The highest BCUT2D eigenvalue weighted by Crippen LogP contribution is 2.31. The molecule has 0 bridgehead atoms. The van der Waals surface area contributed by atoms with Crippen molar-refractivity contribution in [2.24, 2.45) is 0 Å². The van der Waals surface area contributed by atoms with Crippen molar-refractivity contribution in [1.29, 1.82) is 0 Å². The highest BCUT2D eigenvalue weighted by atomic mass is 16.5. The summed E-state index contributed by atoms with van der Waals surface area (Å²) in [5.41, 5.74) is 1.22. The van der Waals surface area contributed by atoms with Crippen molar-refractivity contribution >= 4 is 17.0 Å². The van der Waals surface area contributed by atoms with Crippen molar-refractivity contribution < 1.29 is 9.84 Å². The number of aliphatic hydroxyl groups is 1. The van der Waals surface area contributed by atoms with Gasteiger partial charge in [0.1, 0.15) is 5.75 Å². The molecule has 4 rings (SSSR count). The van der Waals surface area contributed by atoms with Gasteiger partial charge in [-0.2, -0.15) is 10.3 Å². The molecule has 0 aliphatic carbocycles. The summed E-state index contributed by atoms with van der Waals surface area (Å²) in [6.07, 6.45) is 0.674. The van der Waals surface area contributed by atoms with Gasteiger partial charge >= 0.3 is 0 Å². The van der Waals surface area contributed by atoms with Crippen LogP contribution in [0.15, 0.2) is 24.3 Å². The maximum Gasteiger partial charge on any atom is 0.207 e. The molecule has 1 aliphatic heterocycles. The number of hydrogen-bond donors (Lipinski definition) is 3. The monoisotopic (exact) mass is 411 g/mol. The van der Waals surface area contributed by atoms with E-state index in [-0.39, 0.29) is 11.6 Å². The zero-order chi connectivity index (χ0) is 21.5. The molecule has 1 aliphatic rings. The third-order valence-electron chi connectivity index (χ3n) is 5.22. The zero-order valence-electron chi connectivity index (χ0n) is 18.1. The van der Waals surface area contributed by atoms with E-state index >= 15 is 0 Å². The molecule has 0 amide bonds. The molecule has 3 aromatic rings. The maximum atomic E-state index is 10.5. The van der Waals surface area contributed by atoms with E-state index in [1.807, 2.05) is 31.2 Å². The Kier molecular flexibility index (Phi) is 5.11.